The Morgan fingerprint density at radius 2 is 1.66 bits per heavy atom. The van der Waals surface area contributed by atoms with Crippen molar-refractivity contribution in [2.75, 3.05) is 26.7 Å². The molecular weight excluding hydrogens is 699 g/mol. The van der Waals surface area contributed by atoms with E-state index in [-0.39, 0.29) is 31.2 Å². The SMILES string of the molecule is Cc1cc2cc(C(=O)N3CCN(C)C(=O)[C@@H](C)NC(=O)[C@H](C(C)C)NC(=O)[C@H](C)NC(=O)c4csc(n4)[C@H](Cc4ccccc4)NC(=O)C3)ccc2o1. The van der Waals surface area contributed by atoms with Gasteiger partial charge in [0.15, 0.2) is 0 Å². The van der Waals surface area contributed by atoms with Crippen LogP contribution in [0.3, 0.4) is 0 Å². The summed E-state index contributed by atoms with van der Waals surface area (Å²) in [5.74, 6) is -2.78. The topological polar surface area (TPSA) is 183 Å². The van der Waals surface area contributed by atoms with Gasteiger partial charge in [0.2, 0.25) is 23.6 Å². The van der Waals surface area contributed by atoms with Gasteiger partial charge in [-0.25, -0.2) is 4.98 Å². The molecule has 2 bridgehead atoms. The van der Waals surface area contributed by atoms with Crippen molar-refractivity contribution in [3.8, 4) is 0 Å². The van der Waals surface area contributed by atoms with Gasteiger partial charge in [0.25, 0.3) is 11.8 Å². The molecule has 0 radical (unpaired) electrons. The molecule has 4 N–H and O–H groups in total. The Morgan fingerprint density at radius 3 is 2.38 bits per heavy atom. The average Bonchev–Trinajstić information content (AvgIpc) is 3.77. The number of hydrogen-bond donors (Lipinski definition) is 4. The summed E-state index contributed by atoms with van der Waals surface area (Å²) in [6.07, 6.45) is 0.344. The van der Waals surface area contributed by atoms with Crippen molar-refractivity contribution in [3.05, 3.63) is 87.6 Å². The van der Waals surface area contributed by atoms with Gasteiger partial charge in [-0.15, -0.1) is 11.3 Å². The summed E-state index contributed by atoms with van der Waals surface area (Å²) in [4.78, 5) is 88.4. The van der Waals surface area contributed by atoms with Crippen LogP contribution in [0.5, 0.6) is 0 Å². The Balaban J connectivity index is 1.48. The highest BCUT2D eigenvalue weighted by Crippen LogP contribution is 2.24. The number of rotatable bonds is 4. The fourth-order valence-electron chi connectivity index (χ4n) is 5.98. The third-order valence-corrected chi connectivity index (χ3v) is 9.94. The molecule has 53 heavy (non-hydrogen) atoms. The number of nitrogens with one attached hydrogen (secondary N) is 4. The lowest BCUT2D eigenvalue weighted by Gasteiger charge is -2.29. The largest absolute Gasteiger partial charge is 0.461 e. The van der Waals surface area contributed by atoms with Crippen LogP contribution in [0, 0.1) is 12.8 Å². The van der Waals surface area contributed by atoms with Crippen molar-refractivity contribution >= 4 is 57.7 Å². The third kappa shape index (κ3) is 9.66. The van der Waals surface area contributed by atoms with Gasteiger partial charge in [-0.2, -0.15) is 0 Å². The number of aryl methyl sites for hydroxylation is 1. The van der Waals surface area contributed by atoms with Crippen LogP contribution in [0.4, 0.5) is 0 Å². The number of hydrogen-bond acceptors (Lipinski definition) is 9. The van der Waals surface area contributed by atoms with E-state index in [9.17, 15) is 28.8 Å². The highest BCUT2D eigenvalue weighted by atomic mass is 32.1. The van der Waals surface area contributed by atoms with Crippen molar-refractivity contribution in [1.82, 2.24) is 36.1 Å². The maximum absolute atomic E-state index is 14.0. The Hall–Kier alpha value is -5.57. The van der Waals surface area contributed by atoms with Crippen LogP contribution in [-0.2, 0) is 25.6 Å². The van der Waals surface area contributed by atoms with Crippen molar-refractivity contribution in [2.45, 2.75) is 65.2 Å². The minimum absolute atomic E-state index is 0.00883. The number of furan rings is 1. The molecule has 2 aromatic heterocycles. The Morgan fingerprint density at radius 1 is 0.925 bits per heavy atom. The number of amides is 6. The zero-order valence-electron chi connectivity index (χ0n) is 30.6. The number of nitrogens with zero attached hydrogens (tertiary/aromatic N) is 3. The molecule has 4 atom stereocenters. The summed E-state index contributed by atoms with van der Waals surface area (Å²) in [5, 5.41) is 13.8. The zero-order chi connectivity index (χ0) is 38.4. The first-order valence-electron chi connectivity index (χ1n) is 17.4. The molecule has 0 fully saturated rings. The van der Waals surface area contributed by atoms with Gasteiger partial charge in [-0.05, 0) is 62.9 Å². The van der Waals surface area contributed by atoms with Crippen molar-refractivity contribution in [1.29, 1.82) is 0 Å². The van der Waals surface area contributed by atoms with Crippen molar-refractivity contribution in [2.24, 2.45) is 5.92 Å². The Bertz CT molecular complexity index is 1990. The van der Waals surface area contributed by atoms with E-state index in [1.54, 1.807) is 44.5 Å². The van der Waals surface area contributed by atoms with Crippen LogP contribution in [0.25, 0.3) is 11.0 Å². The molecule has 0 spiro atoms. The van der Waals surface area contributed by atoms with E-state index in [0.717, 1.165) is 10.9 Å². The van der Waals surface area contributed by atoms with Crippen LogP contribution >= 0.6 is 11.3 Å². The first kappa shape index (κ1) is 38.7. The number of fused-ring (bicyclic) bond motifs is 3. The summed E-state index contributed by atoms with van der Waals surface area (Å²) < 4.78 is 5.68. The quantitative estimate of drug-likeness (QED) is 0.246. The maximum Gasteiger partial charge on any atom is 0.271 e. The van der Waals surface area contributed by atoms with Crippen LogP contribution in [0.15, 0.2) is 64.4 Å². The number of thiazole rings is 1. The maximum atomic E-state index is 14.0. The van der Waals surface area contributed by atoms with Gasteiger partial charge < -0.3 is 35.5 Å². The van der Waals surface area contributed by atoms with Gasteiger partial charge in [0, 0.05) is 36.5 Å². The van der Waals surface area contributed by atoms with E-state index in [0.29, 0.717) is 28.3 Å². The van der Waals surface area contributed by atoms with Gasteiger partial charge in [0.1, 0.15) is 40.2 Å². The Kier molecular flexibility index (Phi) is 12.3. The molecule has 0 aliphatic carbocycles. The smallest absolute Gasteiger partial charge is 0.271 e. The van der Waals surface area contributed by atoms with E-state index >= 15 is 0 Å². The molecule has 1 aliphatic rings. The highest BCUT2D eigenvalue weighted by Gasteiger charge is 2.31. The average molecular weight is 744 g/mol. The fraction of sp³-hybridized carbons (Fsp3) is 0.395. The van der Waals surface area contributed by atoms with Crippen LogP contribution in [0.2, 0.25) is 0 Å². The molecule has 3 heterocycles. The highest BCUT2D eigenvalue weighted by molar-refractivity contribution is 7.09. The minimum atomic E-state index is -1.03. The minimum Gasteiger partial charge on any atom is -0.461 e. The summed E-state index contributed by atoms with van der Waals surface area (Å²) in [7, 11) is 1.55. The second kappa shape index (κ2) is 16.8. The molecule has 0 saturated heterocycles. The number of likely N-dealkylation sites (N-methyl/N-ethyl adjacent to an activating group) is 1. The van der Waals surface area contributed by atoms with E-state index in [1.807, 2.05) is 43.3 Å². The monoisotopic (exact) mass is 743 g/mol. The Labute approximate surface area is 311 Å². The van der Waals surface area contributed by atoms with E-state index in [2.05, 4.69) is 26.3 Å². The molecule has 280 valence electrons. The molecule has 2 aromatic carbocycles. The molecule has 14 nitrogen and oxygen atoms in total. The molecule has 4 aromatic rings. The number of benzene rings is 2. The second-order valence-corrected chi connectivity index (χ2v) is 14.5. The lowest BCUT2D eigenvalue weighted by atomic mass is 10.0. The van der Waals surface area contributed by atoms with E-state index in [4.69, 9.17) is 4.42 Å². The standard InChI is InChI=1S/C38H45N7O7S/c1-21(2)32-35(49)40-24(5)37(50)44(6)14-15-45(38(51)26-12-13-30-27(18-26)16-22(3)52-30)19-31(46)41-28(17-25-10-8-7-9-11-25)36-42-29(20-53-36)34(48)39-23(4)33(47)43-32/h7-13,16,18,20-21,23-24,28,32H,14-15,17,19H2,1-6H3,(H,39,48)(H,40,49)(H,41,46)(H,43,47)/t23-,24+,28-,32-/m0/s1. The fourth-order valence-corrected chi connectivity index (χ4v) is 6.83. The molecule has 0 unspecified atom stereocenters. The molecule has 1 aliphatic heterocycles. The summed E-state index contributed by atoms with van der Waals surface area (Å²) in [6, 6.07) is 12.6. The number of carbonyl (C=O) groups excluding carboxylic acids is 6. The van der Waals surface area contributed by atoms with E-state index in [1.165, 1.54) is 35.0 Å². The molecule has 6 amide bonds. The predicted octanol–water partition coefficient (Wildman–Crippen LogP) is 2.98. The molecular formula is C38H45N7O7S. The molecule has 15 heteroatoms. The lowest BCUT2D eigenvalue weighted by Crippen LogP contribution is -2.57. The van der Waals surface area contributed by atoms with E-state index < -0.39 is 59.6 Å². The summed E-state index contributed by atoms with van der Waals surface area (Å²) >= 11 is 1.18. The van der Waals surface area contributed by atoms with Gasteiger partial charge >= 0.3 is 0 Å². The van der Waals surface area contributed by atoms with Gasteiger partial charge in [0.05, 0.1) is 12.6 Å². The number of aromatic nitrogens is 1. The van der Waals surface area contributed by atoms with Gasteiger partial charge in [-0.1, -0.05) is 44.2 Å². The van der Waals surface area contributed by atoms with Crippen LogP contribution < -0.4 is 21.3 Å². The summed E-state index contributed by atoms with van der Waals surface area (Å²) in [6.45, 7) is 8.03. The van der Waals surface area contributed by atoms with Crippen molar-refractivity contribution < 1.29 is 33.2 Å². The molecule has 5 rings (SSSR count). The molecule has 0 saturated carbocycles. The van der Waals surface area contributed by atoms with Crippen LogP contribution in [-0.4, -0.2) is 95.0 Å². The lowest BCUT2D eigenvalue weighted by molar-refractivity contribution is -0.136. The van der Waals surface area contributed by atoms with Crippen molar-refractivity contribution in [3.63, 3.8) is 0 Å². The zero-order valence-corrected chi connectivity index (χ0v) is 31.4. The first-order chi connectivity index (χ1) is 25.2. The number of carbonyl (C=O) groups is 6. The predicted molar refractivity (Wildman–Crippen MR) is 199 cm³/mol. The second-order valence-electron chi connectivity index (χ2n) is 13.6. The summed E-state index contributed by atoms with van der Waals surface area (Å²) in [5.41, 5.74) is 1.91. The normalized spacial score (nSPS) is 21.5. The third-order valence-electron chi connectivity index (χ3n) is 8.98. The van der Waals surface area contributed by atoms with Crippen LogP contribution in [0.1, 0.15) is 70.9 Å². The first-order valence-corrected chi connectivity index (χ1v) is 18.3. The van der Waals surface area contributed by atoms with Gasteiger partial charge in [-0.3, -0.25) is 28.8 Å².